The molecular formula is C19H20F3N3O2. The Morgan fingerprint density at radius 2 is 1.93 bits per heavy atom. The summed E-state index contributed by atoms with van der Waals surface area (Å²) in [4.78, 5) is 29.4. The third kappa shape index (κ3) is 5.06. The van der Waals surface area contributed by atoms with Crippen molar-refractivity contribution in [2.24, 2.45) is 0 Å². The lowest BCUT2D eigenvalue weighted by atomic mass is 10.1. The van der Waals surface area contributed by atoms with E-state index >= 15 is 0 Å². The Hall–Kier alpha value is -2.90. The number of pyridine rings is 1. The van der Waals surface area contributed by atoms with Crippen molar-refractivity contribution in [2.75, 3.05) is 14.1 Å². The number of aromatic nitrogens is 1. The molecule has 5 nitrogen and oxygen atoms in total. The quantitative estimate of drug-likeness (QED) is 0.867. The molecule has 0 unspecified atom stereocenters. The van der Waals surface area contributed by atoms with Gasteiger partial charge in [-0.2, -0.15) is 13.2 Å². The van der Waals surface area contributed by atoms with Crippen LogP contribution in [0.25, 0.3) is 11.3 Å². The van der Waals surface area contributed by atoms with Gasteiger partial charge in [0.1, 0.15) is 0 Å². The molecular weight excluding hydrogens is 359 g/mol. The molecule has 144 valence electrons. The molecule has 27 heavy (non-hydrogen) atoms. The molecule has 1 N–H and O–H groups in total. The first-order valence-electron chi connectivity index (χ1n) is 8.25. The van der Waals surface area contributed by atoms with Crippen LogP contribution in [-0.2, 0) is 11.0 Å². The van der Waals surface area contributed by atoms with E-state index in [0.717, 1.165) is 12.3 Å². The number of nitrogens with one attached hydrogen (secondary N) is 1. The highest BCUT2D eigenvalue weighted by molar-refractivity contribution is 5.95. The molecule has 0 saturated heterocycles. The number of carbonyl (C=O) groups is 2. The van der Waals surface area contributed by atoms with E-state index in [1.165, 1.54) is 18.0 Å². The van der Waals surface area contributed by atoms with Gasteiger partial charge in [-0.15, -0.1) is 0 Å². The summed E-state index contributed by atoms with van der Waals surface area (Å²) in [6.45, 7) is 1.76. The second-order valence-electron chi connectivity index (χ2n) is 6.15. The molecule has 0 spiro atoms. The number of alkyl halides is 3. The summed E-state index contributed by atoms with van der Waals surface area (Å²) in [5.74, 6) is -0.468. The van der Waals surface area contributed by atoms with E-state index in [2.05, 4.69) is 10.3 Å². The van der Waals surface area contributed by atoms with Gasteiger partial charge in [0.2, 0.25) is 5.91 Å². The summed E-state index contributed by atoms with van der Waals surface area (Å²) in [6.07, 6.45) is -3.52. The van der Waals surface area contributed by atoms with Crippen LogP contribution in [0.1, 0.15) is 29.3 Å². The minimum absolute atomic E-state index is 0.166. The van der Waals surface area contributed by atoms with Crippen LogP contribution >= 0.6 is 0 Å². The van der Waals surface area contributed by atoms with Crippen LogP contribution in [0.5, 0.6) is 0 Å². The lowest BCUT2D eigenvalue weighted by Gasteiger charge is -2.24. The smallest absolute Gasteiger partial charge is 0.359 e. The Balaban J connectivity index is 2.21. The van der Waals surface area contributed by atoms with Gasteiger partial charge < -0.3 is 10.2 Å². The minimum atomic E-state index is -4.45. The normalized spacial score (nSPS) is 12.4. The van der Waals surface area contributed by atoms with Gasteiger partial charge in [-0.05, 0) is 31.2 Å². The maximum absolute atomic E-state index is 12.7. The molecule has 0 aliphatic carbocycles. The SMILES string of the molecule is CNC(=O)C[C@@H](C)N(C)C(=O)c1cccc(-c2ccc(C(F)(F)F)cn2)c1. The molecule has 1 aromatic heterocycles. The van der Waals surface area contributed by atoms with Crippen LogP contribution in [0.2, 0.25) is 0 Å². The summed E-state index contributed by atoms with van der Waals surface area (Å²) in [5.41, 5.74) is 0.391. The minimum Gasteiger partial charge on any atom is -0.359 e. The van der Waals surface area contributed by atoms with E-state index in [1.807, 2.05) is 0 Å². The van der Waals surface area contributed by atoms with Crippen LogP contribution in [0.15, 0.2) is 42.6 Å². The highest BCUT2D eigenvalue weighted by Gasteiger charge is 2.30. The van der Waals surface area contributed by atoms with Gasteiger partial charge >= 0.3 is 6.18 Å². The zero-order valence-corrected chi connectivity index (χ0v) is 15.2. The van der Waals surface area contributed by atoms with Crippen molar-refractivity contribution < 1.29 is 22.8 Å². The molecule has 2 rings (SSSR count). The van der Waals surface area contributed by atoms with Gasteiger partial charge in [-0.1, -0.05) is 12.1 Å². The number of benzene rings is 1. The highest BCUT2D eigenvalue weighted by atomic mass is 19.4. The van der Waals surface area contributed by atoms with Gasteiger partial charge in [0.15, 0.2) is 0 Å². The van der Waals surface area contributed by atoms with Crippen LogP contribution in [0, 0.1) is 0 Å². The predicted octanol–water partition coefficient (Wildman–Crippen LogP) is 3.36. The lowest BCUT2D eigenvalue weighted by molar-refractivity contribution is -0.137. The Labute approximate surface area is 155 Å². The molecule has 1 heterocycles. The molecule has 2 aromatic rings. The van der Waals surface area contributed by atoms with Crippen molar-refractivity contribution in [2.45, 2.75) is 25.6 Å². The summed E-state index contributed by atoms with van der Waals surface area (Å²) >= 11 is 0. The monoisotopic (exact) mass is 379 g/mol. The number of nitrogens with zero attached hydrogens (tertiary/aromatic N) is 2. The van der Waals surface area contributed by atoms with Gasteiger partial charge in [-0.3, -0.25) is 14.6 Å². The standard InChI is InChI=1S/C19H20F3N3O2/c1-12(9-17(26)23-2)25(3)18(27)14-6-4-5-13(10-14)16-8-7-15(11-24-16)19(20,21)22/h4-8,10-12H,9H2,1-3H3,(H,23,26)/t12-/m1/s1. The Bertz CT molecular complexity index is 820. The van der Waals surface area contributed by atoms with Gasteiger partial charge in [0.05, 0.1) is 11.3 Å². The summed E-state index contributed by atoms with van der Waals surface area (Å²) in [7, 11) is 3.12. The molecule has 0 saturated carbocycles. The highest BCUT2D eigenvalue weighted by Crippen LogP contribution is 2.30. The van der Waals surface area contributed by atoms with Crippen LogP contribution in [0.4, 0.5) is 13.2 Å². The number of hydrogen-bond donors (Lipinski definition) is 1. The Morgan fingerprint density at radius 3 is 2.48 bits per heavy atom. The molecule has 2 amide bonds. The largest absolute Gasteiger partial charge is 0.417 e. The van der Waals surface area contributed by atoms with E-state index in [9.17, 15) is 22.8 Å². The molecule has 0 bridgehead atoms. The third-order valence-electron chi connectivity index (χ3n) is 4.24. The van der Waals surface area contributed by atoms with E-state index in [0.29, 0.717) is 16.8 Å². The van der Waals surface area contributed by atoms with Crippen molar-refractivity contribution in [3.63, 3.8) is 0 Å². The van der Waals surface area contributed by atoms with Crippen molar-refractivity contribution in [3.8, 4) is 11.3 Å². The van der Waals surface area contributed by atoms with Crippen LogP contribution in [-0.4, -0.2) is 41.8 Å². The first-order valence-corrected chi connectivity index (χ1v) is 8.25. The van der Waals surface area contributed by atoms with E-state index < -0.39 is 11.7 Å². The van der Waals surface area contributed by atoms with E-state index in [4.69, 9.17) is 0 Å². The fraction of sp³-hybridized carbons (Fsp3) is 0.316. The Morgan fingerprint density at radius 1 is 1.22 bits per heavy atom. The van der Waals surface area contributed by atoms with Gasteiger partial charge in [0.25, 0.3) is 5.91 Å². The Kier molecular flexibility index (Phi) is 6.20. The topological polar surface area (TPSA) is 62.3 Å². The second-order valence-corrected chi connectivity index (χ2v) is 6.15. The fourth-order valence-electron chi connectivity index (χ4n) is 2.45. The maximum Gasteiger partial charge on any atom is 0.417 e. The molecule has 0 fully saturated rings. The molecule has 1 aromatic carbocycles. The van der Waals surface area contributed by atoms with Crippen molar-refractivity contribution in [3.05, 3.63) is 53.7 Å². The summed E-state index contributed by atoms with van der Waals surface area (Å²) in [6, 6.07) is 8.39. The first-order chi connectivity index (χ1) is 12.6. The number of halogens is 3. The predicted molar refractivity (Wildman–Crippen MR) is 94.9 cm³/mol. The van der Waals surface area contributed by atoms with Crippen molar-refractivity contribution in [1.82, 2.24) is 15.2 Å². The van der Waals surface area contributed by atoms with Crippen LogP contribution < -0.4 is 5.32 Å². The molecule has 8 heteroatoms. The summed E-state index contributed by atoms with van der Waals surface area (Å²) < 4.78 is 38.0. The zero-order valence-electron chi connectivity index (χ0n) is 15.2. The average molecular weight is 379 g/mol. The van der Waals surface area contributed by atoms with Crippen LogP contribution in [0.3, 0.4) is 0 Å². The fourth-order valence-corrected chi connectivity index (χ4v) is 2.45. The second kappa shape index (κ2) is 8.20. The molecule has 0 radical (unpaired) electrons. The first kappa shape index (κ1) is 20.4. The maximum atomic E-state index is 12.7. The number of hydrogen-bond acceptors (Lipinski definition) is 3. The number of rotatable bonds is 5. The molecule has 1 atom stereocenters. The zero-order chi connectivity index (χ0) is 20.2. The van der Waals surface area contributed by atoms with E-state index in [-0.39, 0.29) is 24.3 Å². The van der Waals surface area contributed by atoms with Crippen molar-refractivity contribution >= 4 is 11.8 Å². The third-order valence-corrected chi connectivity index (χ3v) is 4.24. The number of carbonyl (C=O) groups excluding carboxylic acids is 2. The lowest BCUT2D eigenvalue weighted by Crippen LogP contribution is -2.38. The van der Waals surface area contributed by atoms with Crippen molar-refractivity contribution in [1.29, 1.82) is 0 Å². The molecule has 0 aliphatic rings. The van der Waals surface area contributed by atoms with E-state index in [1.54, 1.807) is 38.2 Å². The summed E-state index contributed by atoms with van der Waals surface area (Å²) in [5, 5.41) is 2.51. The van der Waals surface area contributed by atoms with Gasteiger partial charge in [-0.25, -0.2) is 0 Å². The number of amides is 2. The van der Waals surface area contributed by atoms with Gasteiger partial charge in [0, 0.05) is 43.9 Å². The average Bonchev–Trinajstić information content (AvgIpc) is 2.66. The molecule has 0 aliphatic heterocycles.